The molecule has 0 spiro atoms. The molecule has 0 bridgehead atoms. The van der Waals surface area contributed by atoms with Gasteiger partial charge >= 0.3 is 0 Å². The van der Waals surface area contributed by atoms with E-state index in [9.17, 15) is 0 Å². The van der Waals surface area contributed by atoms with Gasteiger partial charge in [0.25, 0.3) is 0 Å². The highest BCUT2D eigenvalue weighted by Crippen LogP contribution is 2.40. The quantitative estimate of drug-likeness (QED) is 0.901. The number of hydrogen-bond acceptors (Lipinski definition) is 4. The number of anilines is 1. The highest BCUT2D eigenvalue weighted by Gasteiger charge is 2.31. The number of nitrogens with zero attached hydrogens (tertiary/aromatic N) is 2. The number of rotatable bonds is 4. The number of fused-ring (bicyclic) bond motifs is 1. The van der Waals surface area contributed by atoms with E-state index in [4.69, 9.17) is 0 Å². The summed E-state index contributed by atoms with van der Waals surface area (Å²) in [5.74, 6) is 0.782. The lowest BCUT2D eigenvalue weighted by Crippen LogP contribution is -2.26. The van der Waals surface area contributed by atoms with E-state index in [0.717, 1.165) is 22.7 Å². The molecule has 0 atom stereocenters. The number of aromatic nitrogens is 2. The minimum atomic E-state index is 0.480. The average molecular weight is 261 g/mol. The van der Waals surface area contributed by atoms with Gasteiger partial charge in [-0.05, 0) is 36.1 Å². The maximum Gasteiger partial charge on any atom is 0.224 e. The van der Waals surface area contributed by atoms with Crippen molar-refractivity contribution in [3.8, 4) is 0 Å². The summed E-state index contributed by atoms with van der Waals surface area (Å²) in [5.41, 5.74) is 0.480. The molecule has 0 radical (unpaired) electrons. The molecule has 3 rings (SSSR count). The number of hydrogen-bond donors (Lipinski definition) is 1. The minimum absolute atomic E-state index is 0.480. The molecule has 1 saturated carbocycles. The molecule has 0 aromatic carbocycles. The predicted octanol–water partition coefficient (Wildman–Crippen LogP) is 4.07. The molecule has 4 heteroatoms. The summed E-state index contributed by atoms with van der Waals surface area (Å²) in [6.07, 6.45) is 8.60. The van der Waals surface area contributed by atoms with Crippen molar-refractivity contribution < 1.29 is 0 Å². The zero-order valence-corrected chi connectivity index (χ0v) is 11.6. The van der Waals surface area contributed by atoms with Crippen molar-refractivity contribution in [2.24, 2.45) is 5.41 Å². The first-order chi connectivity index (χ1) is 8.81. The van der Waals surface area contributed by atoms with Crippen molar-refractivity contribution in [1.29, 1.82) is 0 Å². The predicted molar refractivity (Wildman–Crippen MR) is 77.1 cm³/mol. The Labute approximate surface area is 112 Å². The van der Waals surface area contributed by atoms with Crippen molar-refractivity contribution in [2.45, 2.75) is 39.0 Å². The van der Waals surface area contributed by atoms with Gasteiger partial charge in [0.05, 0.1) is 0 Å². The molecule has 2 heterocycles. The molecule has 0 saturated heterocycles. The van der Waals surface area contributed by atoms with E-state index in [1.807, 2.05) is 6.20 Å². The Kier molecular flexibility index (Phi) is 3.20. The molecule has 3 nitrogen and oxygen atoms in total. The van der Waals surface area contributed by atoms with Crippen LogP contribution in [-0.2, 0) is 0 Å². The fourth-order valence-corrected chi connectivity index (χ4v) is 3.63. The van der Waals surface area contributed by atoms with E-state index in [1.54, 1.807) is 11.3 Å². The first kappa shape index (κ1) is 11.9. The van der Waals surface area contributed by atoms with Crippen LogP contribution in [0.5, 0.6) is 0 Å². The summed E-state index contributed by atoms with van der Waals surface area (Å²) < 4.78 is 0. The van der Waals surface area contributed by atoms with Crippen molar-refractivity contribution >= 4 is 27.5 Å². The average Bonchev–Trinajstić information content (AvgIpc) is 3.05. The van der Waals surface area contributed by atoms with Gasteiger partial charge in [-0.25, -0.2) is 9.97 Å². The van der Waals surface area contributed by atoms with Gasteiger partial charge in [-0.3, -0.25) is 0 Å². The second-order valence-corrected chi connectivity index (χ2v) is 6.18. The number of nitrogens with one attached hydrogen (secondary N) is 1. The second kappa shape index (κ2) is 4.84. The van der Waals surface area contributed by atoms with Crippen LogP contribution in [0.1, 0.15) is 39.0 Å². The Balaban J connectivity index is 1.72. The monoisotopic (exact) mass is 261 g/mol. The third-order valence-corrected chi connectivity index (χ3v) is 5.07. The maximum atomic E-state index is 4.56. The molecular formula is C14H19N3S. The molecular weight excluding hydrogens is 242 g/mol. The van der Waals surface area contributed by atoms with Crippen LogP contribution < -0.4 is 5.32 Å². The van der Waals surface area contributed by atoms with Crippen LogP contribution in [0.25, 0.3) is 10.2 Å². The summed E-state index contributed by atoms with van der Waals surface area (Å²) in [6, 6.07) is 2.06. The molecule has 0 aliphatic heterocycles. The Morgan fingerprint density at radius 1 is 1.39 bits per heavy atom. The Bertz CT molecular complexity index is 529. The van der Waals surface area contributed by atoms with E-state index in [-0.39, 0.29) is 0 Å². The van der Waals surface area contributed by atoms with Crippen LogP contribution in [0.2, 0.25) is 0 Å². The van der Waals surface area contributed by atoms with Crippen LogP contribution >= 0.6 is 11.3 Å². The van der Waals surface area contributed by atoms with E-state index < -0.39 is 0 Å². The van der Waals surface area contributed by atoms with Crippen LogP contribution in [0, 0.1) is 5.41 Å². The highest BCUT2D eigenvalue weighted by atomic mass is 32.1. The summed E-state index contributed by atoms with van der Waals surface area (Å²) in [4.78, 5) is 10.0. The summed E-state index contributed by atoms with van der Waals surface area (Å²) in [7, 11) is 0. The summed E-state index contributed by atoms with van der Waals surface area (Å²) >= 11 is 1.67. The standard InChI is InChI=1S/C14H19N3S/c1-2-14(6-3-4-7-14)10-16-13-15-9-11-5-8-18-12(11)17-13/h5,8-9H,2-4,6-7,10H2,1H3,(H,15,16,17). The van der Waals surface area contributed by atoms with Gasteiger partial charge in [0, 0.05) is 18.1 Å². The molecule has 2 aromatic rings. The smallest absolute Gasteiger partial charge is 0.224 e. The molecule has 2 aromatic heterocycles. The van der Waals surface area contributed by atoms with Crippen molar-refractivity contribution in [1.82, 2.24) is 9.97 Å². The van der Waals surface area contributed by atoms with Gasteiger partial charge in [0.1, 0.15) is 4.83 Å². The van der Waals surface area contributed by atoms with Crippen LogP contribution in [0.3, 0.4) is 0 Å². The van der Waals surface area contributed by atoms with Gasteiger partial charge in [-0.15, -0.1) is 11.3 Å². The lowest BCUT2D eigenvalue weighted by molar-refractivity contribution is 0.306. The van der Waals surface area contributed by atoms with E-state index in [1.165, 1.54) is 32.1 Å². The fourth-order valence-electron chi connectivity index (χ4n) is 2.89. The maximum absolute atomic E-state index is 4.56. The zero-order valence-electron chi connectivity index (χ0n) is 10.8. The second-order valence-electron chi connectivity index (χ2n) is 5.29. The lowest BCUT2D eigenvalue weighted by Gasteiger charge is -2.27. The largest absolute Gasteiger partial charge is 0.354 e. The van der Waals surface area contributed by atoms with E-state index in [2.05, 4.69) is 33.7 Å². The Morgan fingerprint density at radius 3 is 3.00 bits per heavy atom. The van der Waals surface area contributed by atoms with E-state index >= 15 is 0 Å². The SMILES string of the molecule is CCC1(CNc2ncc3ccsc3n2)CCCC1. The molecule has 1 aliphatic carbocycles. The highest BCUT2D eigenvalue weighted by molar-refractivity contribution is 7.16. The normalized spacial score (nSPS) is 18.3. The van der Waals surface area contributed by atoms with E-state index in [0.29, 0.717) is 5.41 Å². The van der Waals surface area contributed by atoms with Crippen molar-refractivity contribution in [3.63, 3.8) is 0 Å². The molecule has 1 fully saturated rings. The van der Waals surface area contributed by atoms with Crippen molar-refractivity contribution in [2.75, 3.05) is 11.9 Å². The molecule has 18 heavy (non-hydrogen) atoms. The minimum Gasteiger partial charge on any atom is -0.354 e. The third-order valence-electron chi connectivity index (χ3n) is 4.24. The van der Waals surface area contributed by atoms with Gasteiger partial charge in [0.15, 0.2) is 0 Å². The molecule has 1 N–H and O–H groups in total. The van der Waals surface area contributed by atoms with Gasteiger partial charge in [-0.1, -0.05) is 19.8 Å². The Morgan fingerprint density at radius 2 is 2.22 bits per heavy atom. The Hall–Kier alpha value is -1.16. The van der Waals surface area contributed by atoms with Crippen LogP contribution in [-0.4, -0.2) is 16.5 Å². The molecule has 0 amide bonds. The van der Waals surface area contributed by atoms with Crippen molar-refractivity contribution in [3.05, 3.63) is 17.6 Å². The first-order valence-electron chi connectivity index (χ1n) is 6.75. The van der Waals surface area contributed by atoms with Gasteiger partial charge < -0.3 is 5.32 Å². The molecule has 0 unspecified atom stereocenters. The zero-order chi connectivity index (χ0) is 12.4. The van der Waals surface area contributed by atoms with Gasteiger partial charge in [0.2, 0.25) is 5.95 Å². The number of thiophene rings is 1. The van der Waals surface area contributed by atoms with Crippen LogP contribution in [0.4, 0.5) is 5.95 Å². The lowest BCUT2D eigenvalue weighted by atomic mass is 9.83. The third kappa shape index (κ3) is 2.21. The van der Waals surface area contributed by atoms with Crippen LogP contribution in [0.15, 0.2) is 17.6 Å². The molecule has 1 aliphatic rings. The topological polar surface area (TPSA) is 37.8 Å². The molecule has 96 valence electrons. The summed E-state index contributed by atoms with van der Waals surface area (Å²) in [5, 5.41) is 6.64. The van der Waals surface area contributed by atoms with Gasteiger partial charge in [-0.2, -0.15) is 0 Å². The summed E-state index contributed by atoms with van der Waals surface area (Å²) in [6.45, 7) is 3.32. The fraction of sp³-hybridized carbons (Fsp3) is 0.571. The first-order valence-corrected chi connectivity index (χ1v) is 7.63.